The molecule has 0 saturated heterocycles. The van der Waals surface area contributed by atoms with Crippen molar-refractivity contribution in [3.05, 3.63) is 18.0 Å². The van der Waals surface area contributed by atoms with Crippen LogP contribution < -0.4 is 39.0 Å². The van der Waals surface area contributed by atoms with Crippen molar-refractivity contribution in [1.82, 2.24) is 4.98 Å². The molecular formula is C8H10NNaO4. The van der Waals surface area contributed by atoms with E-state index in [1.54, 1.807) is 12.3 Å². The zero-order valence-electron chi connectivity index (χ0n) is 7.93. The minimum absolute atomic E-state index is 0. The third-order valence-electron chi connectivity index (χ3n) is 1.65. The maximum atomic E-state index is 8.78. The van der Waals surface area contributed by atoms with Crippen LogP contribution in [0.3, 0.4) is 0 Å². The molecule has 5 nitrogen and oxygen atoms in total. The third kappa shape index (κ3) is 2.83. The van der Waals surface area contributed by atoms with Gasteiger partial charge in [-0.05, 0) is 0 Å². The van der Waals surface area contributed by atoms with E-state index >= 15 is 0 Å². The molecule has 1 aromatic rings. The van der Waals surface area contributed by atoms with E-state index < -0.39 is 0 Å². The Bertz CT molecular complexity index is 295. The van der Waals surface area contributed by atoms with Crippen LogP contribution in [0.2, 0.25) is 0 Å². The molecule has 0 spiro atoms. The molecule has 2 rings (SSSR count). The first kappa shape index (κ1) is 13.7. The van der Waals surface area contributed by atoms with Gasteiger partial charge in [0.15, 0.2) is 11.5 Å². The summed E-state index contributed by atoms with van der Waals surface area (Å²) >= 11 is 0. The molecule has 14 heavy (non-hydrogen) atoms. The molecule has 2 N–H and O–H groups in total. The van der Waals surface area contributed by atoms with Gasteiger partial charge in [0.2, 0.25) is 0 Å². The monoisotopic (exact) mass is 207 g/mol. The van der Waals surface area contributed by atoms with E-state index in [1.807, 2.05) is 0 Å². The minimum atomic E-state index is -0.0728. The molecule has 0 amide bonds. The SMILES string of the molecule is OCc1cc2c(cn1)OCCO2.[Na+].[OH-]. The van der Waals surface area contributed by atoms with Crippen LogP contribution in [-0.4, -0.2) is 28.8 Å². The summed E-state index contributed by atoms with van der Waals surface area (Å²) < 4.78 is 10.5. The second kappa shape index (κ2) is 6.21. The van der Waals surface area contributed by atoms with Crippen LogP contribution in [0.15, 0.2) is 12.3 Å². The molecular weight excluding hydrogens is 197 g/mol. The molecule has 1 aromatic heterocycles. The number of pyridine rings is 1. The van der Waals surface area contributed by atoms with Crippen molar-refractivity contribution in [1.29, 1.82) is 0 Å². The Morgan fingerprint density at radius 3 is 2.57 bits per heavy atom. The van der Waals surface area contributed by atoms with Crippen molar-refractivity contribution >= 4 is 0 Å². The maximum Gasteiger partial charge on any atom is 1.00 e. The van der Waals surface area contributed by atoms with Crippen LogP contribution in [0.5, 0.6) is 11.5 Å². The molecule has 0 unspecified atom stereocenters. The smallest absolute Gasteiger partial charge is 0.870 e. The number of aliphatic hydroxyl groups excluding tert-OH is 1. The standard InChI is InChI=1S/C8H9NO3.Na.H2O/c10-5-6-3-7-8(4-9-6)12-2-1-11-7;;/h3-4,10H,1-2,5H2;;1H2/q;+1;/p-1. The van der Waals surface area contributed by atoms with Gasteiger partial charge in [-0.15, -0.1) is 0 Å². The average molecular weight is 207 g/mol. The molecule has 0 bridgehead atoms. The van der Waals surface area contributed by atoms with E-state index in [-0.39, 0.29) is 41.6 Å². The Morgan fingerprint density at radius 1 is 1.29 bits per heavy atom. The molecule has 2 heterocycles. The van der Waals surface area contributed by atoms with Crippen molar-refractivity contribution in [3.63, 3.8) is 0 Å². The average Bonchev–Trinajstić information content (AvgIpc) is 2.17. The third-order valence-corrected chi connectivity index (χ3v) is 1.65. The van der Waals surface area contributed by atoms with Crippen molar-refractivity contribution < 1.29 is 49.6 Å². The van der Waals surface area contributed by atoms with Gasteiger partial charge in [-0.2, -0.15) is 0 Å². The normalized spacial score (nSPS) is 12.4. The van der Waals surface area contributed by atoms with Crippen LogP contribution in [-0.2, 0) is 6.61 Å². The molecule has 0 aromatic carbocycles. The summed E-state index contributed by atoms with van der Waals surface area (Å²) in [5.74, 6) is 1.32. The Morgan fingerprint density at radius 2 is 1.93 bits per heavy atom. The quantitative estimate of drug-likeness (QED) is 0.502. The first-order chi connectivity index (χ1) is 5.90. The minimum Gasteiger partial charge on any atom is -0.870 e. The molecule has 1 aliphatic rings. The molecule has 1 aliphatic heterocycles. The molecule has 72 valence electrons. The van der Waals surface area contributed by atoms with E-state index in [1.165, 1.54) is 0 Å². The van der Waals surface area contributed by atoms with Gasteiger partial charge in [-0.3, -0.25) is 4.98 Å². The van der Waals surface area contributed by atoms with Crippen LogP contribution in [0.25, 0.3) is 0 Å². The molecule has 0 atom stereocenters. The summed E-state index contributed by atoms with van der Waals surface area (Å²) in [6.07, 6.45) is 1.57. The van der Waals surface area contributed by atoms with Gasteiger partial charge >= 0.3 is 29.6 Å². The molecule has 0 aliphatic carbocycles. The fourth-order valence-corrected chi connectivity index (χ4v) is 1.08. The van der Waals surface area contributed by atoms with Crippen molar-refractivity contribution in [2.24, 2.45) is 0 Å². The van der Waals surface area contributed by atoms with Crippen LogP contribution >= 0.6 is 0 Å². The van der Waals surface area contributed by atoms with Gasteiger partial charge in [-0.25, -0.2) is 0 Å². The number of ether oxygens (including phenoxy) is 2. The van der Waals surface area contributed by atoms with Crippen molar-refractivity contribution in [3.8, 4) is 11.5 Å². The van der Waals surface area contributed by atoms with Crippen LogP contribution in [0.1, 0.15) is 5.69 Å². The van der Waals surface area contributed by atoms with Gasteiger partial charge in [-0.1, -0.05) is 0 Å². The number of nitrogens with zero attached hydrogens (tertiary/aromatic N) is 1. The Kier molecular flexibility index (Phi) is 6.06. The number of aromatic nitrogens is 1. The van der Waals surface area contributed by atoms with E-state index in [0.29, 0.717) is 30.4 Å². The summed E-state index contributed by atoms with van der Waals surface area (Å²) in [5.41, 5.74) is 0.597. The van der Waals surface area contributed by atoms with E-state index in [4.69, 9.17) is 14.6 Å². The largest absolute Gasteiger partial charge is 1.00 e. The maximum absolute atomic E-state index is 8.78. The van der Waals surface area contributed by atoms with Gasteiger partial charge in [0.05, 0.1) is 18.5 Å². The van der Waals surface area contributed by atoms with Crippen LogP contribution in [0, 0.1) is 0 Å². The first-order valence-corrected chi connectivity index (χ1v) is 3.75. The van der Waals surface area contributed by atoms with Gasteiger partial charge in [0.1, 0.15) is 13.2 Å². The zero-order valence-corrected chi connectivity index (χ0v) is 9.93. The summed E-state index contributed by atoms with van der Waals surface area (Å²) in [7, 11) is 0. The summed E-state index contributed by atoms with van der Waals surface area (Å²) in [6.45, 7) is 1.05. The topological polar surface area (TPSA) is 81.6 Å². The fraction of sp³-hybridized carbons (Fsp3) is 0.375. The Labute approximate surface area is 104 Å². The summed E-state index contributed by atoms with van der Waals surface area (Å²) in [5, 5.41) is 8.78. The zero-order chi connectivity index (χ0) is 8.39. The van der Waals surface area contributed by atoms with Gasteiger partial charge in [0, 0.05) is 6.07 Å². The second-order valence-electron chi connectivity index (χ2n) is 2.48. The van der Waals surface area contributed by atoms with Gasteiger partial charge in [0.25, 0.3) is 0 Å². The van der Waals surface area contributed by atoms with Crippen molar-refractivity contribution in [2.45, 2.75) is 6.61 Å². The number of hydrogen-bond acceptors (Lipinski definition) is 5. The predicted molar refractivity (Wildman–Crippen MR) is 43.1 cm³/mol. The number of hydrogen-bond donors (Lipinski definition) is 1. The Hall–Kier alpha value is -0.330. The van der Waals surface area contributed by atoms with Crippen molar-refractivity contribution in [2.75, 3.05) is 13.2 Å². The molecule has 6 heteroatoms. The number of fused-ring (bicyclic) bond motifs is 1. The summed E-state index contributed by atoms with van der Waals surface area (Å²) in [4.78, 5) is 3.96. The molecule has 0 radical (unpaired) electrons. The van der Waals surface area contributed by atoms with E-state index in [0.717, 1.165) is 0 Å². The summed E-state index contributed by atoms with van der Waals surface area (Å²) in [6, 6.07) is 1.69. The van der Waals surface area contributed by atoms with E-state index in [2.05, 4.69) is 4.98 Å². The van der Waals surface area contributed by atoms with Crippen LogP contribution in [0.4, 0.5) is 0 Å². The molecule has 0 saturated carbocycles. The predicted octanol–water partition coefficient (Wildman–Crippen LogP) is -2.83. The number of aliphatic hydroxyl groups is 1. The first-order valence-electron chi connectivity index (χ1n) is 3.75. The second-order valence-corrected chi connectivity index (χ2v) is 2.48. The van der Waals surface area contributed by atoms with E-state index in [9.17, 15) is 0 Å². The van der Waals surface area contributed by atoms with Gasteiger partial charge < -0.3 is 20.1 Å². The fourth-order valence-electron chi connectivity index (χ4n) is 1.08. The Balaban J connectivity index is 0.000000845. The number of rotatable bonds is 1. The molecule has 0 fully saturated rings.